The Kier molecular flexibility index (Phi) is 3.70. The first-order valence-corrected chi connectivity index (χ1v) is 4.93. The van der Waals surface area contributed by atoms with Gasteiger partial charge >= 0.3 is 0 Å². The van der Waals surface area contributed by atoms with Gasteiger partial charge in [0.15, 0.2) is 22.4 Å². The van der Waals surface area contributed by atoms with Crippen molar-refractivity contribution < 1.29 is 13.7 Å². The largest absolute Gasteiger partial charge is 0.376 e. The number of rotatable bonds is 2. The van der Waals surface area contributed by atoms with Crippen LogP contribution in [0.5, 0.6) is 0 Å². The Morgan fingerprint density at radius 1 is 1.56 bits per heavy atom. The zero-order valence-corrected chi connectivity index (χ0v) is 9.86. The molecule has 0 saturated heterocycles. The van der Waals surface area contributed by atoms with E-state index in [2.05, 4.69) is 28.1 Å². The van der Waals surface area contributed by atoms with Gasteiger partial charge in [-0.1, -0.05) is 0 Å². The molecule has 86 valence electrons. The number of thiocarbonyl (C=S) groups is 1. The number of anilines is 1. The molecule has 0 radical (unpaired) electrons. The topological polar surface area (TPSA) is 81.2 Å². The van der Waals surface area contributed by atoms with E-state index in [-0.39, 0.29) is 4.47 Å². The molecule has 0 atom stereocenters. The summed E-state index contributed by atoms with van der Waals surface area (Å²) in [5, 5.41) is 12.2. The SMILES string of the molecule is NC(=S)Nc1c([N+](=O)[O-])cc(Br)c(F)c1F. The Hall–Kier alpha value is -1.35. The summed E-state index contributed by atoms with van der Waals surface area (Å²) in [4.78, 5) is 9.71. The van der Waals surface area contributed by atoms with E-state index in [1.807, 2.05) is 5.32 Å². The molecule has 0 bridgehead atoms. The van der Waals surface area contributed by atoms with Crippen LogP contribution in [0.2, 0.25) is 0 Å². The van der Waals surface area contributed by atoms with Crippen LogP contribution < -0.4 is 11.1 Å². The highest BCUT2D eigenvalue weighted by Crippen LogP contribution is 2.33. The van der Waals surface area contributed by atoms with Crippen LogP contribution in [0.3, 0.4) is 0 Å². The Balaban J connectivity index is 3.47. The summed E-state index contributed by atoms with van der Waals surface area (Å²) < 4.78 is 26.1. The van der Waals surface area contributed by atoms with E-state index in [0.717, 1.165) is 6.07 Å². The summed E-state index contributed by atoms with van der Waals surface area (Å²) in [6.07, 6.45) is 0. The third kappa shape index (κ3) is 2.42. The van der Waals surface area contributed by atoms with Crippen LogP contribution in [-0.4, -0.2) is 10.0 Å². The fraction of sp³-hybridized carbons (Fsp3) is 0. The molecule has 1 rings (SSSR count). The van der Waals surface area contributed by atoms with Crippen molar-refractivity contribution in [3.63, 3.8) is 0 Å². The lowest BCUT2D eigenvalue weighted by molar-refractivity contribution is -0.384. The number of nitrogens with one attached hydrogen (secondary N) is 1. The first kappa shape index (κ1) is 12.7. The summed E-state index contributed by atoms with van der Waals surface area (Å²) in [5.41, 5.74) is 3.68. The Labute approximate surface area is 102 Å². The van der Waals surface area contributed by atoms with Crippen LogP contribution >= 0.6 is 28.1 Å². The van der Waals surface area contributed by atoms with E-state index < -0.39 is 33.0 Å². The maximum atomic E-state index is 13.4. The molecule has 9 heteroatoms. The van der Waals surface area contributed by atoms with E-state index in [1.165, 1.54) is 0 Å². The average Bonchev–Trinajstić information content (AvgIpc) is 2.17. The van der Waals surface area contributed by atoms with Crippen molar-refractivity contribution in [2.45, 2.75) is 0 Å². The number of nitro groups is 1. The van der Waals surface area contributed by atoms with Gasteiger partial charge in [0.05, 0.1) is 9.40 Å². The van der Waals surface area contributed by atoms with E-state index in [4.69, 9.17) is 5.73 Å². The first-order valence-electron chi connectivity index (χ1n) is 3.73. The van der Waals surface area contributed by atoms with Gasteiger partial charge < -0.3 is 11.1 Å². The lowest BCUT2D eigenvalue weighted by Crippen LogP contribution is -2.21. The fourth-order valence-corrected chi connectivity index (χ4v) is 1.46. The van der Waals surface area contributed by atoms with Crippen molar-refractivity contribution in [2.75, 3.05) is 5.32 Å². The van der Waals surface area contributed by atoms with Crippen LogP contribution in [0, 0.1) is 21.7 Å². The zero-order valence-electron chi connectivity index (χ0n) is 7.46. The second-order valence-electron chi connectivity index (χ2n) is 2.63. The minimum Gasteiger partial charge on any atom is -0.376 e. The summed E-state index contributed by atoms with van der Waals surface area (Å²) in [5.74, 6) is -2.68. The molecular formula is C7H4BrF2N3O2S. The second kappa shape index (κ2) is 4.66. The van der Waals surface area contributed by atoms with E-state index in [1.54, 1.807) is 0 Å². The molecular weight excluding hydrogens is 308 g/mol. The van der Waals surface area contributed by atoms with Crippen molar-refractivity contribution in [1.82, 2.24) is 0 Å². The third-order valence-corrected chi connectivity index (χ3v) is 2.27. The lowest BCUT2D eigenvalue weighted by Gasteiger charge is -2.07. The molecule has 0 saturated carbocycles. The number of halogens is 3. The molecule has 0 aliphatic carbocycles. The minimum atomic E-state index is -1.42. The Morgan fingerprint density at radius 2 is 2.12 bits per heavy atom. The van der Waals surface area contributed by atoms with Gasteiger partial charge in [-0.25, -0.2) is 8.78 Å². The Bertz CT molecular complexity index is 483. The molecule has 0 aliphatic rings. The number of nitrogens with two attached hydrogens (primary N) is 1. The average molecular weight is 312 g/mol. The summed E-state index contributed by atoms with van der Waals surface area (Å²) >= 11 is 7.06. The number of hydrogen-bond donors (Lipinski definition) is 2. The fourth-order valence-electron chi connectivity index (χ4n) is 0.969. The molecule has 1 aromatic rings. The molecule has 0 heterocycles. The maximum absolute atomic E-state index is 13.4. The van der Waals surface area contributed by atoms with Crippen molar-refractivity contribution in [2.24, 2.45) is 5.73 Å². The standard InChI is InChI=1S/C7H4BrF2N3O2S/c8-2-1-3(13(14)15)6(12-7(11)16)5(10)4(2)9/h1H,(H3,11,12,16). The van der Waals surface area contributed by atoms with E-state index >= 15 is 0 Å². The summed E-state index contributed by atoms with van der Waals surface area (Å²) in [6.45, 7) is 0. The minimum absolute atomic E-state index is 0.356. The summed E-state index contributed by atoms with van der Waals surface area (Å²) in [7, 11) is 0. The van der Waals surface area contributed by atoms with Crippen molar-refractivity contribution >= 4 is 44.6 Å². The molecule has 0 aromatic heterocycles. The molecule has 16 heavy (non-hydrogen) atoms. The molecule has 0 spiro atoms. The normalized spacial score (nSPS) is 9.94. The van der Waals surface area contributed by atoms with Crippen molar-refractivity contribution in [3.8, 4) is 0 Å². The van der Waals surface area contributed by atoms with Gasteiger partial charge in [0.1, 0.15) is 0 Å². The Morgan fingerprint density at radius 3 is 2.56 bits per heavy atom. The molecule has 0 amide bonds. The smallest absolute Gasteiger partial charge is 0.297 e. The molecule has 0 aliphatic heterocycles. The van der Waals surface area contributed by atoms with Crippen molar-refractivity contribution in [1.29, 1.82) is 0 Å². The number of hydrogen-bond acceptors (Lipinski definition) is 3. The molecule has 3 N–H and O–H groups in total. The van der Waals surface area contributed by atoms with Gasteiger partial charge in [-0.15, -0.1) is 0 Å². The summed E-state index contributed by atoms with van der Waals surface area (Å²) in [6, 6.07) is 0.818. The highest BCUT2D eigenvalue weighted by molar-refractivity contribution is 9.10. The molecule has 5 nitrogen and oxygen atoms in total. The van der Waals surface area contributed by atoms with Gasteiger partial charge in [-0.3, -0.25) is 10.1 Å². The van der Waals surface area contributed by atoms with Crippen molar-refractivity contribution in [3.05, 3.63) is 32.3 Å². The quantitative estimate of drug-likeness (QED) is 0.379. The van der Waals surface area contributed by atoms with Gasteiger partial charge in [0, 0.05) is 6.07 Å². The molecule has 0 unspecified atom stereocenters. The van der Waals surface area contributed by atoms with Gasteiger partial charge in [-0.05, 0) is 28.1 Å². The predicted octanol–water partition coefficient (Wildman–Crippen LogP) is 2.29. The van der Waals surface area contributed by atoms with E-state index in [9.17, 15) is 18.9 Å². The number of nitro benzene ring substituents is 1. The van der Waals surface area contributed by atoms with Gasteiger partial charge in [0.2, 0.25) is 0 Å². The van der Waals surface area contributed by atoms with E-state index in [0.29, 0.717) is 0 Å². The lowest BCUT2D eigenvalue weighted by atomic mass is 10.2. The van der Waals surface area contributed by atoms with Crippen LogP contribution in [0.1, 0.15) is 0 Å². The molecule has 0 fully saturated rings. The number of nitrogens with zero attached hydrogens (tertiary/aromatic N) is 1. The molecule has 1 aromatic carbocycles. The van der Waals surface area contributed by atoms with Crippen LogP contribution in [0.4, 0.5) is 20.2 Å². The highest BCUT2D eigenvalue weighted by Gasteiger charge is 2.24. The first-order chi connectivity index (χ1) is 7.34. The van der Waals surface area contributed by atoms with Crippen LogP contribution in [-0.2, 0) is 0 Å². The monoisotopic (exact) mass is 311 g/mol. The van der Waals surface area contributed by atoms with Crippen LogP contribution in [0.15, 0.2) is 10.5 Å². The zero-order chi connectivity index (χ0) is 12.5. The highest BCUT2D eigenvalue weighted by atomic mass is 79.9. The van der Waals surface area contributed by atoms with Crippen LogP contribution in [0.25, 0.3) is 0 Å². The predicted molar refractivity (Wildman–Crippen MR) is 61.1 cm³/mol. The second-order valence-corrected chi connectivity index (χ2v) is 3.92. The maximum Gasteiger partial charge on any atom is 0.297 e. The number of benzene rings is 1. The third-order valence-electron chi connectivity index (χ3n) is 1.59. The van der Waals surface area contributed by atoms with Gasteiger partial charge in [-0.2, -0.15) is 0 Å². The van der Waals surface area contributed by atoms with Gasteiger partial charge in [0.25, 0.3) is 5.69 Å².